The topological polar surface area (TPSA) is 86.5 Å². The van der Waals surface area contributed by atoms with Crippen LogP contribution in [-0.2, 0) is 0 Å². The molecule has 0 radical (unpaired) electrons. The Morgan fingerprint density at radius 1 is 0.842 bits per heavy atom. The largest absolute Gasteiger partial charge is 0.346 e. The standard InChI is InChI=1S/C28H15F4N5O/c29-19-20(30)22(32)25-24(21(19)31)35-27(36-25)17-7-3-6-16-18(17)12-4-1-2-5-13(12)23(16)37-28(38)15-9-11-34-26-14(15)8-10-33-26/h1-11,23H,(H,33,34)(H,35,36)(H,37,38). The molecule has 7 rings (SSSR count). The Balaban J connectivity index is 1.38. The third-order valence-corrected chi connectivity index (χ3v) is 6.89. The van der Waals surface area contributed by atoms with Gasteiger partial charge in [0.2, 0.25) is 0 Å². The Kier molecular flexibility index (Phi) is 4.68. The highest BCUT2D eigenvalue weighted by Crippen LogP contribution is 2.48. The molecule has 0 saturated carbocycles. The highest BCUT2D eigenvalue weighted by Gasteiger charge is 2.33. The number of benzene rings is 3. The second-order valence-corrected chi connectivity index (χ2v) is 8.93. The molecular formula is C28H15F4N5O. The number of aromatic amines is 2. The fourth-order valence-electron chi connectivity index (χ4n) is 5.20. The van der Waals surface area contributed by atoms with Gasteiger partial charge in [-0.25, -0.2) is 27.5 Å². The third kappa shape index (κ3) is 3.03. The van der Waals surface area contributed by atoms with Crippen LogP contribution in [0.25, 0.3) is 44.6 Å². The number of carbonyl (C=O) groups is 1. The molecule has 3 aromatic carbocycles. The van der Waals surface area contributed by atoms with Crippen molar-refractivity contribution >= 4 is 28.0 Å². The first kappa shape index (κ1) is 22.2. The summed E-state index contributed by atoms with van der Waals surface area (Å²) in [5.41, 5.74) is 3.29. The number of fused-ring (bicyclic) bond motifs is 5. The second kappa shape index (κ2) is 8.01. The van der Waals surface area contributed by atoms with Gasteiger partial charge in [-0.05, 0) is 34.4 Å². The highest BCUT2D eigenvalue weighted by atomic mass is 19.2. The molecule has 1 atom stereocenters. The van der Waals surface area contributed by atoms with Crippen molar-refractivity contribution in [3.05, 3.63) is 107 Å². The van der Waals surface area contributed by atoms with E-state index in [0.717, 1.165) is 16.7 Å². The summed E-state index contributed by atoms with van der Waals surface area (Å²) in [6.07, 6.45) is 3.26. The maximum absolute atomic E-state index is 14.4. The molecule has 1 amide bonds. The number of aromatic nitrogens is 4. The first-order valence-electron chi connectivity index (χ1n) is 11.6. The lowest BCUT2D eigenvalue weighted by Gasteiger charge is -2.16. The van der Waals surface area contributed by atoms with Crippen molar-refractivity contribution in [3.63, 3.8) is 0 Å². The monoisotopic (exact) mass is 513 g/mol. The van der Waals surface area contributed by atoms with Crippen molar-refractivity contribution in [2.45, 2.75) is 6.04 Å². The maximum Gasteiger partial charge on any atom is 0.252 e. The lowest BCUT2D eigenvalue weighted by molar-refractivity contribution is 0.0945. The number of hydrogen-bond acceptors (Lipinski definition) is 3. The summed E-state index contributed by atoms with van der Waals surface area (Å²) in [6.45, 7) is 0. The van der Waals surface area contributed by atoms with Crippen LogP contribution in [0.3, 0.4) is 0 Å². The molecule has 1 aliphatic carbocycles. The number of nitrogens with one attached hydrogen (secondary N) is 3. The lowest BCUT2D eigenvalue weighted by atomic mass is 9.98. The number of H-pyrrole nitrogens is 2. The molecule has 6 aromatic rings. The van der Waals surface area contributed by atoms with E-state index in [1.54, 1.807) is 36.7 Å². The molecule has 6 nitrogen and oxygen atoms in total. The predicted octanol–water partition coefficient (Wildman–Crippen LogP) is 6.16. The van der Waals surface area contributed by atoms with E-state index in [2.05, 4.69) is 25.3 Å². The van der Waals surface area contributed by atoms with E-state index in [9.17, 15) is 22.4 Å². The van der Waals surface area contributed by atoms with E-state index >= 15 is 0 Å². The number of carbonyl (C=O) groups excluding carboxylic acids is 1. The van der Waals surface area contributed by atoms with E-state index in [4.69, 9.17) is 0 Å². The van der Waals surface area contributed by atoms with Crippen LogP contribution in [0.5, 0.6) is 0 Å². The minimum atomic E-state index is -1.92. The molecule has 1 unspecified atom stereocenters. The predicted molar refractivity (Wildman–Crippen MR) is 132 cm³/mol. The Morgan fingerprint density at radius 3 is 2.47 bits per heavy atom. The van der Waals surface area contributed by atoms with Gasteiger partial charge in [0.05, 0.1) is 11.6 Å². The minimum Gasteiger partial charge on any atom is -0.346 e. The van der Waals surface area contributed by atoms with Gasteiger partial charge in [0.1, 0.15) is 22.5 Å². The fourth-order valence-corrected chi connectivity index (χ4v) is 5.20. The van der Waals surface area contributed by atoms with Crippen LogP contribution >= 0.6 is 0 Å². The van der Waals surface area contributed by atoms with E-state index in [0.29, 0.717) is 27.7 Å². The molecule has 0 saturated heterocycles. The number of rotatable bonds is 3. The van der Waals surface area contributed by atoms with E-state index in [1.165, 1.54) is 0 Å². The second-order valence-electron chi connectivity index (χ2n) is 8.93. The molecular weight excluding hydrogens is 498 g/mol. The number of hydrogen-bond donors (Lipinski definition) is 3. The van der Waals surface area contributed by atoms with Gasteiger partial charge in [-0.2, -0.15) is 0 Å². The average molecular weight is 513 g/mol. The van der Waals surface area contributed by atoms with E-state index in [-0.39, 0.29) is 11.7 Å². The first-order valence-corrected chi connectivity index (χ1v) is 11.6. The van der Waals surface area contributed by atoms with Crippen molar-refractivity contribution in [1.29, 1.82) is 0 Å². The molecule has 10 heteroatoms. The van der Waals surface area contributed by atoms with Gasteiger partial charge in [-0.3, -0.25) is 4.79 Å². The number of nitrogens with zero attached hydrogens (tertiary/aromatic N) is 2. The molecule has 3 N–H and O–H groups in total. The van der Waals surface area contributed by atoms with Crippen molar-refractivity contribution in [1.82, 2.24) is 25.3 Å². The zero-order valence-electron chi connectivity index (χ0n) is 19.2. The van der Waals surface area contributed by atoms with E-state index in [1.807, 2.05) is 30.3 Å². The first-order chi connectivity index (χ1) is 18.4. The Hall–Kier alpha value is -4.99. The van der Waals surface area contributed by atoms with Gasteiger partial charge in [0.25, 0.3) is 5.91 Å². The number of pyridine rings is 1. The quantitative estimate of drug-likeness (QED) is 0.150. The van der Waals surface area contributed by atoms with Crippen LogP contribution in [0.15, 0.2) is 67.0 Å². The molecule has 3 heterocycles. The van der Waals surface area contributed by atoms with Crippen molar-refractivity contribution in [2.24, 2.45) is 0 Å². The third-order valence-electron chi connectivity index (χ3n) is 6.89. The van der Waals surface area contributed by atoms with Crippen LogP contribution < -0.4 is 5.32 Å². The summed E-state index contributed by atoms with van der Waals surface area (Å²) >= 11 is 0. The minimum absolute atomic E-state index is 0.0320. The summed E-state index contributed by atoms with van der Waals surface area (Å²) in [5, 5.41) is 3.77. The maximum atomic E-state index is 14.4. The number of amides is 1. The zero-order chi connectivity index (χ0) is 26.1. The molecule has 0 bridgehead atoms. The smallest absolute Gasteiger partial charge is 0.252 e. The summed E-state index contributed by atoms with van der Waals surface area (Å²) in [4.78, 5) is 27.3. The normalized spacial score (nSPS) is 14.2. The summed E-state index contributed by atoms with van der Waals surface area (Å²) in [6, 6.07) is 15.5. The average Bonchev–Trinajstić information content (AvgIpc) is 3.67. The van der Waals surface area contributed by atoms with Gasteiger partial charge < -0.3 is 15.3 Å². The molecule has 0 fully saturated rings. The lowest BCUT2D eigenvalue weighted by Crippen LogP contribution is -2.28. The van der Waals surface area contributed by atoms with Crippen molar-refractivity contribution < 1.29 is 22.4 Å². The zero-order valence-corrected chi connectivity index (χ0v) is 19.2. The van der Waals surface area contributed by atoms with Gasteiger partial charge >= 0.3 is 0 Å². The molecule has 3 aromatic heterocycles. The molecule has 0 aliphatic heterocycles. The van der Waals surface area contributed by atoms with Gasteiger partial charge in [-0.1, -0.05) is 42.5 Å². The fraction of sp³-hybridized carbons (Fsp3) is 0.0357. The van der Waals surface area contributed by atoms with Crippen LogP contribution in [0.1, 0.15) is 27.5 Å². The van der Waals surface area contributed by atoms with Crippen LogP contribution in [-0.4, -0.2) is 25.8 Å². The van der Waals surface area contributed by atoms with Gasteiger partial charge in [-0.15, -0.1) is 0 Å². The molecule has 1 aliphatic rings. The molecule has 186 valence electrons. The number of imidazole rings is 1. The summed E-state index contributed by atoms with van der Waals surface area (Å²) in [7, 11) is 0. The van der Waals surface area contributed by atoms with Crippen LogP contribution in [0.4, 0.5) is 17.6 Å². The Morgan fingerprint density at radius 2 is 1.61 bits per heavy atom. The SMILES string of the molecule is O=C(NC1c2ccccc2-c2c(-c3nc4c(F)c(F)c(F)c(F)c4[nH]3)cccc21)c1ccnc2[nH]ccc12. The van der Waals surface area contributed by atoms with E-state index < -0.39 is 40.3 Å². The van der Waals surface area contributed by atoms with Crippen LogP contribution in [0, 0.1) is 23.3 Å². The van der Waals surface area contributed by atoms with Gasteiger partial charge in [0.15, 0.2) is 23.3 Å². The Labute approximate surface area is 211 Å². The van der Waals surface area contributed by atoms with Crippen molar-refractivity contribution in [2.75, 3.05) is 0 Å². The number of halogens is 4. The van der Waals surface area contributed by atoms with Crippen LogP contribution in [0.2, 0.25) is 0 Å². The highest BCUT2D eigenvalue weighted by molar-refractivity contribution is 6.06. The molecule has 0 spiro atoms. The summed E-state index contributed by atoms with van der Waals surface area (Å²) in [5.74, 6) is -7.24. The van der Waals surface area contributed by atoms with Crippen molar-refractivity contribution in [3.8, 4) is 22.5 Å². The summed E-state index contributed by atoms with van der Waals surface area (Å²) < 4.78 is 56.6. The molecule has 38 heavy (non-hydrogen) atoms. The Bertz CT molecular complexity index is 1900. The van der Waals surface area contributed by atoms with Gasteiger partial charge in [0, 0.05) is 23.3 Å².